The molecule has 0 aliphatic heterocycles. The van der Waals surface area contributed by atoms with Gasteiger partial charge in [0.2, 0.25) is 0 Å². The summed E-state index contributed by atoms with van der Waals surface area (Å²) in [7, 11) is 0. The van der Waals surface area contributed by atoms with Gasteiger partial charge in [0.25, 0.3) is 0 Å². The van der Waals surface area contributed by atoms with Gasteiger partial charge in [-0.25, -0.2) is 4.98 Å². The van der Waals surface area contributed by atoms with Gasteiger partial charge in [0.15, 0.2) is 0 Å². The van der Waals surface area contributed by atoms with Crippen LogP contribution in [0.5, 0.6) is 0 Å². The Morgan fingerprint density at radius 3 is 2.60 bits per heavy atom. The summed E-state index contributed by atoms with van der Waals surface area (Å²) >= 11 is 0. The number of rotatable bonds is 3. The van der Waals surface area contributed by atoms with Crippen molar-refractivity contribution in [2.45, 2.75) is 38.8 Å². The monoisotopic (exact) mass is 269 g/mol. The first-order valence-corrected chi connectivity index (χ1v) is 7.50. The first-order valence-electron chi connectivity index (χ1n) is 7.50. The van der Waals surface area contributed by atoms with E-state index >= 15 is 0 Å². The number of imidazole rings is 1. The molecule has 0 radical (unpaired) electrons. The lowest BCUT2D eigenvalue weighted by Gasteiger charge is -2.24. The first kappa shape index (κ1) is 13.4. The molecule has 1 aromatic heterocycles. The standard InChI is InChI=1S/C17H23N3/c1-12-8-9-15(13(12)2)20-11-19-10-16(20)17(18)14-6-4-3-5-7-14/h3-7,10-13,15,17H,8-9,18H2,1-2H3. The highest BCUT2D eigenvalue weighted by molar-refractivity contribution is 5.26. The van der Waals surface area contributed by atoms with Gasteiger partial charge in [-0.1, -0.05) is 44.2 Å². The molecule has 1 aromatic carbocycles. The summed E-state index contributed by atoms with van der Waals surface area (Å²) < 4.78 is 2.31. The molecule has 3 heteroatoms. The van der Waals surface area contributed by atoms with Crippen molar-refractivity contribution in [2.24, 2.45) is 17.6 Å². The van der Waals surface area contributed by atoms with E-state index in [0.29, 0.717) is 12.0 Å². The summed E-state index contributed by atoms with van der Waals surface area (Å²) in [5.41, 5.74) is 8.72. The summed E-state index contributed by atoms with van der Waals surface area (Å²) in [6.07, 6.45) is 6.40. The highest BCUT2D eigenvalue weighted by Crippen LogP contribution is 2.41. The lowest BCUT2D eigenvalue weighted by molar-refractivity contribution is 0.345. The van der Waals surface area contributed by atoms with E-state index < -0.39 is 0 Å². The van der Waals surface area contributed by atoms with Gasteiger partial charge in [0.1, 0.15) is 0 Å². The van der Waals surface area contributed by atoms with Crippen molar-refractivity contribution >= 4 is 0 Å². The fourth-order valence-corrected chi connectivity index (χ4v) is 3.40. The minimum atomic E-state index is -0.0955. The van der Waals surface area contributed by atoms with Crippen LogP contribution in [-0.2, 0) is 0 Å². The lowest BCUT2D eigenvalue weighted by atomic mass is 9.97. The van der Waals surface area contributed by atoms with Gasteiger partial charge in [-0.2, -0.15) is 0 Å². The highest BCUT2D eigenvalue weighted by atomic mass is 15.1. The molecule has 0 saturated heterocycles. The second kappa shape index (κ2) is 5.41. The highest BCUT2D eigenvalue weighted by Gasteiger charge is 2.32. The van der Waals surface area contributed by atoms with Crippen molar-refractivity contribution in [3.05, 3.63) is 54.1 Å². The predicted octanol–water partition coefficient (Wildman–Crippen LogP) is 3.54. The van der Waals surface area contributed by atoms with Crippen LogP contribution in [0.3, 0.4) is 0 Å². The van der Waals surface area contributed by atoms with Crippen LogP contribution in [0.1, 0.15) is 50.0 Å². The maximum Gasteiger partial charge on any atom is 0.0951 e. The largest absolute Gasteiger partial charge is 0.329 e. The van der Waals surface area contributed by atoms with Crippen LogP contribution in [0.4, 0.5) is 0 Å². The third-order valence-electron chi connectivity index (χ3n) is 4.95. The van der Waals surface area contributed by atoms with E-state index in [9.17, 15) is 0 Å². The van der Waals surface area contributed by atoms with Gasteiger partial charge >= 0.3 is 0 Å². The maximum atomic E-state index is 6.45. The van der Waals surface area contributed by atoms with Crippen LogP contribution in [0.15, 0.2) is 42.9 Å². The van der Waals surface area contributed by atoms with Gasteiger partial charge in [-0.15, -0.1) is 0 Å². The Morgan fingerprint density at radius 2 is 1.95 bits per heavy atom. The fourth-order valence-electron chi connectivity index (χ4n) is 3.40. The summed E-state index contributed by atoms with van der Waals surface area (Å²) in [6, 6.07) is 10.7. The van der Waals surface area contributed by atoms with Gasteiger partial charge in [-0.3, -0.25) is 0 Å². The molecule has 4 atom stereocenters. The van der Waals surface area contributed by atoms with Gasteiger partial charge in [0, 0.05) is 6.04 Å². The lowest BCUT2D eigenvalue weighted by Crippen LogP contribution is -2.21. The number of nitrogens with two attached hydrogens (primary N) is 1. The van der Waals surface area contributed by atoms with Crippen molar-refractivity contribution in [2.75, 3.05) is 0 Å². The van der Waals surface area contributed by atoms with E-state index in [2.05, 4.69) is 35.5 Å². The zero-order chi connectivity index (χ0) is 14.1. The molecule has 1 aliphatic rings. The Morgan fingerprint density at radius 1 is 1.20 bits per heavy atom. The average molecular weight is 269 g/mol. The van der Waals surface area contributed by atoms with Crippen LogP contribution < -0.4 is 5.73 Å². The molecule has 2 aromatic rings. The van der Waals surface area contributed by atoms with Gasteiger partial charge in [-0.05, 0) is 30.2 Å². The topological polar surface area (TPSA) is 43.8 Å². The zero-order valence-corrected chi connectivity index (χ0v) is 12.2. The number of benzene rings is 1. The molecule has 0 bridgehead atoms. The molecule has 1 heterocycles. The molecule has 0 spiro atoms. The molecular weight excluding hydrogens is 246 g/mol. The molecule has 0 amide bonds. The van der Waals surface area contributed by atoms with Crippen molar-refractivity contribution in [1.29, 1.82) is 0 Å². The molecule has 1 aliphatic carbocycles. The van der Waals surface area contributed by atoms with E-state index in [0.717, 1.165) is 17.2 Å². The third kappa shape index (κ3) is 2.27. The number of hydrogen-bond acceptors (Lipinski definition) is 2. The average Bonchev–Trinajstić information content (AvgIpc) is 3.07. The van der Waals surface area contributed by atoms with Gasteiger partial charge in [0.05, 0.1) is 24.3 Å². The predicted molar refractivity (Wildman–Crippen MR) is 81.3 cm³/mol. The molecule has 1 fully saturated rings. The Hall–Kier alpha value is -1.61. The normalized spacial score (nSPS) is 27.6. The Bertz CT molecular complexity index is 561. The minimum Gasteiger partial charge on any atom is -0.329 e. The molecule has 4 unspecified atom stereocenters. The quantitative estimate of drug-likeness (QED) is 0.926. The molecule has 3 rings (SSSR count). The number of nitrogens with zero attached hydrogens (tertiary/aromatic N) is 2. The number of hydrogen-bond donors (Lipinski definition) is 1. The zero-order valence-electron chi connectivity index (χ0n) is 12.2. The van der Waals surface area contributed by atoms with Gasteiger partial charge < -0.3 is 10.3 Å². The second-order valence-electron chi connectivity index (χ2n) is 6.10. The summed E-state index contributed by atoms with van der Waals surface area (Å²) in [5, 5.41) is 0. The minimum absolute atomic E-state index is 0.0955. The van der Waals surface area contributed by atoms with Crippen molar-refractivity contribution < 1.29 is 0 Å². The molecule has 1 saturated carbocycles. The Labute approximate surface area is 120 Å². The van der Waals surface area contributed by atoms with Crippen LogP contribution >= 0.6 is 0 Å². The van der Waals surface area contributed by atoms with Crippen LogP contribution in [0.2, 0.25) is 0 Å². The molecule has 2 N–H and O–H groups in total. The SMILES string of the molecule is CC1CCC(n2cncc2C(N)c2ccccc2)C1C. The third-order valence-corrected chi connectivity index (χ3v) is 4.95. The maximum absolute atomic E-state index is 6.45. The second-order valence-corrected chi connectivity index (χ2v) is 6.10. The van der Waals surface area contributed by atoms with E-state index in [-0.39, 0.29) is 6.04 Å². The van der Waals surface area contributed by atoms with Crippen LogP contribution in [-0.4, -0.2) is 9.55 Å². The smallest absolute Gasteiger partial charge is 0.0951 e. The van der Waals surface area contributed by atoms with Crippen LogP contribution in [0.25, 0.3) is 0 Å². The first-order chi connectivity index (χ1) is 9.68. The fraction of sp³-hybridized carbons (Fsp3) is 0.471. The number of aromatic nitrogens is 2. The van der Waals surface area contributed by atoms with E-state index in [1.54, 1.807) is 0 Å². The summed E-state index contributed by atoms with van der Waals surface area (Å²) in [4.78, 5) is 4.36. The van der Waals surface area contributed by atoms with Crippen molar-refractivity contribution in [3.63, 3.8) is 0 Å². The van der Waals surface area contributed by atoms with Crippen molar-refractivity contribution in [3.8, 4) is 0 Å². The molecule has 3 nitrogen and oxygen atoms in total. The van der Waals surface area contributed by atoms with Crippen molar-refractivity contribution in [1.82, 2.24) is 9.55 Å². The molecule has 106 valence electrons. The summed E-state index contributed by atoms with van der Waals surface area (Å²) in [6.45, 7) is 4.69. The van der Waals surface area contributed by atoms with E-state index in [1.165, 1.54) is 12.8 Å². The molecule has 20 heavy (non-hydrogen) atoms. The Kier molecular flexibility index (Phi) is 3.62. The van der Waals surface area contributed by atoms with E-state index in [1.807, 2.05) is 30.7 Å². The molecular formula is C17H23N3. The Balaban J connectivity index is 1.91. The van der Waals surface area contributed by atoms with Crippen LogP contribution in [0, 0.1) is 11.8 Å². The van der Waals surface area contributed by atoms with E-state index in [4.69, 9.17) is 5.73 Å². The summed E-state index contributed by atoms with van der Waals surface area (Å²) in [5.74, 6) is 1.47.